The van der Waals surface area contributed by atoms with Gasteiger partial charge < -0.3 is 5.32 Å². The second-order valence-corrected chi connectivity index (χ2v) is 5.62. The molecule has 0 spiro atoms. The van der Waals surface area contributed by atoms with Gasteiger partial charge >= 0.3 is 0 Å². The minimum absolute atomic E-state index is 0.626. The third-order valence-electron chi connectivity index (χ3n) is 3.32. The Kier molecular flexibility index (Phi) is 3.98. The van der Waals surface area contributed by atoms with Crippen LogP contribution in [-0.2, 0) is 6.54 Å². The van der Waals surface area contributed by atoms with E-state index >= 15 is 0 Å². The monoisotopic (exact) mass is 282 g/mol. The van der Waals surface area contributed by atoms with Crippen molar-refractivity contribution in [3.05, 3.63) is 28.5 Å². The molecule has 1 aromatic rings. The lowest BCUT2D eigenvalue weighted by atomic mass is 10.0. The van der Waals surface area contributed by atoms with Gasteiger partial charge in [-0.05, 0) is 52.7 Å². The van der Waals surface area contributed by atoms with E-state index in [-0.39, 0.29) is 0 Å². The Hall–Kier alpha value is -0.410. The first-order valence-corrected chi connectivity index (χ1v) is 6.86. The summed E-state index contributed by atoms with van der Waals surface area (Å²) in [6.07, 6.45) is 5.47. The summed E-state index contributed by atoms with van der Waals surface area (Å²) in [7, 11) is 0. The van der Waals surface area contributed by atoms with Crippen molar-refractivity contribution in [2.24, 2.45) is 5.41 Å². The van der Waals surface area contributed by atoms with Gasteiger partial charge in [0, 0.05) is 13.1 Å². The highest BCUT2D eigenvalue weighted by atomic mass is 79.9. The standard InChI is InChI=1S/C13H19BrN2/c1-2-6-13(7-8-13)10-15-9-11-4-3-5-12(14)16-11/h3-5,15H,2,6-10H2,1H3. The predicted molar refractivity (Wildman–Crippen MR) is 70.2 cm³/mol. The molecule has 0 saturated heterocycles. The van der Waals surface area contributed by atoms with Crippen LogP contribution in [0.5, 0.6) is 0 Å². The van der Waals surface area contributed by atoms with Gasteiger partial charge in [0.05, 0.1) is 5.69 Å². The highest BCUT2D eigenvalue weighted by molar-refractivity contribution is 9.10. The fraction of sp³-hybridized carbons (Fsp3) is 0.615. The maximum absolute atomic E-state index is 4.41. The smallest absolute Gasteiger partial charge is 0.106 e. The number of aromatic nitrogens is 1. The van der Waals surface area contributed by atoms with Crippen molar-refractivity contribution in [1.29, 1.82) is 0 Å². The number of rotatable bonds is 6. The van der Waals surface area contributed by atoms with E-state index in [2.05, 4.69) is 39.2 Å². The average Bonchev–Trinajstić information content (AvgIpc) is 2.99. The quantitative estimate of drug-likeness (QED) is 0.808. The number of pyridine rings is 1. The molecule has 16 heavy (non-hydrogen) atoms. The van der Waals surface area contributed by atoms with Crippen LogP contribution in [0.4, 0.5) is 0 Å². The van der Waals surface area contributed by atoms with Crippen molar-refractivity contribution in [2.45, 2.75) is 39.2 Å². The summed E-state index contributed by atoms with van der Waals surface area (Å²) in [4.78, 5) is 4.41. The lowest BCUT2D eigenvalue weighted by Crippen LogP contribution is -2.23. The van der Waals surface area contributed by atoms with Crippen LogP contribution in [0.3, 0.4) is 0 Å². The first kappa shape index (κ1) is 12.1. The highest BCUT2D eigenvalue weighted by Crippen LogP contribution is 2.48. The van der Waals surface area contributed by atoms with Crippen LogP contribution in [0.25, 0.3) is 0 Å². The molecule has 0 atom stereocenters. The van der Waals surface area contributed by atoms with Crippen molar-refractivity contribution in [3.63, 3.8) is 0 Å². The molecule has 1 aromatic heterocycles. The zero-order chi connectivity index (χ0) is 11.4. The summed E-state index contributed by atoms with van der Waals surface area (Å²) >= 11 is 3.39. The molecule has 1 fully saturated rings. The Bertz CT molecular complexity index is 348. The highest BCUT2D eigenvalue weighted by Gasteiger charge is 2.40. The lowest BCUT2D eigenvalue weighted by Gasteiger charge is -2.14. The molecule has 0 bridgehead atoms. The number of nitrogens with one attached hydrogen (secondary N) is 1. The summed E-state index contributed by atoms with van der Waals surface area (Å²) in [5, 5.41) is 3.53. The largest absolute Gasteiger partial charge is 0.311 e. The Morgan fingerprint density at radius 1 is 1.44 bits per heavy atom. The molecule has 1 saturated carbocycles. The molecular formula is C13H19BrN2. The van der Waals surface area contributed by atoms with Crippen molar-refractivity contribution in [3.8, 4) is 0 Å². The summed E-state index contributed by atoms with van der Waals surface area (Å²) in [5.74, 6) is 0. The van der Waals surface area contributed by atoms with Crippen LogP contribution in [0.2, 0.25) is 0 Å². The Balaban J connectivity index is 1.76. The predicted octanol–water partition coefficient (Wildman–Crippen LogP) is 3.51. The van der Waals surface area contributed by atoms with Crippen LogP contribution in [0.1, 0.15) is 38.3 Å². The third kappa shape index (κ3) is 3.29. The second kappa shape index (κ2) is 5.28. The van der Waals surface area contributed by atoms with Crippen LogP contribution in [0.15, 0.2) is 22.8 Å². The van der Waals surface area contributed by atoms with Crippen molar-refractivity contribution in [2.75, 3.05) is 6.54 Å². The fourth-order valence-corrected chi connectivity index (χ4v) is 2.61. The van der Waals surface area contributed by atoms with Crippen LogP contribution >= 0.6 is 15.9 Å². The van der Waals surface area contributed by atoms with Gasteiger partial charge in [-0.3, -0.25) is 0 Å². The van der Waals surface area contributed by atoms with Crippen molar-refractivity contribution in [1.82, 2.24) is 10.3 Å². The van der Waals surface area contributed by atoms with Crippen molar-refractivity contribution >= 4 is 15.9 Å². The maximum atomic E-state index is 4.41. The molecule has 1 N–H and O–H groups in total. The van der Waals surface area contributed by atoms with Crippen molar-refractivity contribution < 1.29 is 0 Å². The second-order valence-electron chi connectivity index (χ2n) is 4.81. The van der Waals surface area contributed by atoms with E-state index < -0.39 is 0 Å². The van der Waals surface area contributed by atoms with Gasteiger partial charge in [-0.1, -0.05) is 19.4 Å². The zero-order valence-electron chi connectivity index (χ0n) is 9.80. The van der Waals surface area contributed by atoms with Gasteiger partial charge in [0.2, 0.25) is 0 Å². The first-order chi connectivity index (χ1) is 7.74. The summed E-state index contributed by atoms with van der Waals surface area (Å²) < 4.78 is 0.918. The van der Waals surface area contributed by atoms with E-state index in [1.54, 1.807) is 0 Å². The molecule has 1 aliphatic carbocycles. The topological polar surface area (TPSA) is 24.9 Å². The lowest BCUT2D eigenvalue weighted by molar-refractivity contribution is 0.419. The molecule has 2 nitrogen and oxygen atoms in total. The first-order valence-electron chi connectivity index (χ1n) is 6.06. The average molecular weight is 283 g/mol. The Morgan fingerprint density at radius 3 is 2.88 bits per heavy atom. The minimum atomic E-state index is 0.626. The molecule has 1 aliphatic rings. The molecule has 0 aliphatic heterocycles. The molecule has 0 aromatic carbocycles. The summed E-state index contributed by atoms with van der Waals surface area (Å²) in [6, 6.07) is 6.06. The van der Waals surface area contributed by atoms with Gasteiger partial charge in [-0.15, -0.1) is 0 Å². The number of nitrogens with zero attached hydrogens (tertiary/aromatic N) is 1. The molecule has 1 heterocycles. The van der Waals surface area contributed by atoms with E-state index in [0.29, 0.717) is 5.41 Å². The Morgan fingerprint density at radius 2 is 2.25 bits per heavy atom. The van der Waals surface area contributed by atoms with Gasteiger partial charge in [-0.25, -0.2) is 4.98 Å². The molecule has 0 unspecified atom stereocenters. The molecule has 2 rings (SSSR count). The molecule has 0 amide bonds. The number of halogens is 1. The van der Waals surface area contributed by atoms with Crippen LogP contribution in [-0.4, -0.2) is 11.5 Å². The van der Waals surface area contributed by atoms with E-state index in [1.807, 2.05) is 12.1 Å². The fourth-order valence-electron chi connectivity index (χ4n) is 2.23. The SMILES string of the molecule is CCCC1(CNCc2cccc(Br)n2)CC1. The van der Waals surface area contributed by atoms with Gasteiger partial charge in [0.1, 0.15) is 4.60 Å². The van der Waals surface area contributed by atoms with Crippen LogP contribution < -0.4 is 5.32 Å². The minimum Gasteiger partial charge on any atom is -0.311 e. The third-order valence-corrected chi connectivity index (χ3v) is 3.76. The van der Waals surface area contributed by atoms with Gasteiger partial charge in [0.25, 0.3) is 0 Å². The number of hydrogen-bond acceptors (Lipinski definition) is 2. The van der Waals surface area contributed by atoms with E-state index in [9.17, 15) is 0 Å². The molecule has 88 valence electrons. The van der Waals surface area contributed by atoms with Gasteiger partial charge in [0.15, 0.2) is 0 Å². The summed E-state index contributed by atoms with van der Waals surface area (Å²) in [5.41, 5.74) is 1.74. The molecule has 3 heteroatoms. The van der Waals surface area contributed by atoms with E-state index in [4.69, 9.17) is 0 Å². The van der Waals surface area contributed by atoms with Gasteiger partial charge in [-0.2, -0.15) is 0 Å². The molecule has 0 radical (unpaired) electrons. The summed E-state index contributed by atoms with van der Waals surface area (Å²) in [6.45, 7) is 4.30. The molecular weight excluding hydrogens is 264 g/mol. The number of hydrogen-bond donors (Lipinski definition) is 1. The normalized spacial score (nSPS) is 17.4. The zero-order valence-corrected chi connectivity index (χ0v) is 11.4. The van der Waals surface area contributed by atoms with E-state index in [0.717, 1.165) is 23.4 Å². The maximum Gasteiger partial charge on any atom is 0.106 e. The Labute approximate surface area is 106 Å². The van der Waals surface area contributed by atoms with E-state index in [1.165, 1.54) is 25.7 Å². The van der Waals surface area contributed by atoms with Crippen LogP contribution in [0, 0.1) is 5.41 Å².